The molecule has 0 aliphatic rings. The smallest absolute Gasteiger partial charge is 0.328 e. The van der Waals surface area contributed by atoms with E-state index in [0.29, 0.717) is 0 Å². The van der Waals surface area contributed by atoms with Crippen LogP contribution in [0.3, 0.4) is 0 Å². The molecule has 0 heterocycles. The number of nitrogens with two attached hydrogens (primary N) is 1. The zero-order chi connectivity index (χ0) is 11.1. The molecular formula is C8H17BN2O3. The van der Waals surface area contributed by atoms with E-state index in [0.717, 1.165) is 6.42 Å². The second-order valence-corrected chi connectivity index (χ2v) is 3.16. The van der Waals surface area contributed by atoms with Gasteiger partial charge in [-0.2, -0.15) is 0 Å². The molecule has 0 saturated carbocycles. The Kier molecular flexibility index (Phi) is 5.95. The number of methoxy groups -OCH3 is 1. The van der Waals surface area contributed by atoms with E-state index in [1.807, 2.05) is 13.8 Å². The van der Waals surface area contributed by atoms with Crippen molar-refractivity contribution < 1.29 is 14.3 Å². The molecule has 2 unspecified atom stereocenters. The third kappa shape index (κ3) is 3.78. The summed E-state index contributed by atoms with van der Waals surface area (Å²) in [5.74, 6) is -0.736. The average Bonchev–Trinajstić information content (AvgIpc) is 2.23. The van der Waals surface area contributed by atoms with E-state index in [1.54, 1.807) is 0 Å². The van der Waals surface area contributed by atoms with Gasteiger partial charge in [0.2, 0.25) is 0 Å². The molecule has 0 saturated heterocycles. The summed E-state index contributed by atoms with van der Waals surface area (Å²) < 4.78 is 4.59. The molecule has 5 nitrogen and oxygen atoms in total. The molecule has 0 aromatic rings. The zero-order valence-electron chi connectivity index (χ0n) is 8.87. The summed E-state index contributed by atoms with van der Waals surface area (Å²) in [6.07, 6.45) is 0.782. The maximum absolute atomic E-state index is 11.3. The topological polar surface area (TPSA) is 81.4 Å². The molecule has 0 aromatic carbocycles. The molecule has 0 rings (SSSR count). The van der Waals surface area contributed by atoms with Gasteiger partial charge in [-0.1, -0.05) is 20.3 Å². The first-order valence-corrected chi connectivity index (χ1v) is 4.64. The number of carbonyl (C=O) groups excluding carboxylic acids is 2. The van der Waals surface area contributed by atoms with Crippen LogP contribution < -0.4 is 11.0 Å². The van der Waals surface area contributed by atoms with Crippen LogP contribution >= 0.6 is 0 Å². The van der Waals surface area contributed by atoms with Crippen LogP contribution in [0.25, 0.3) is 0 Å². The van der Waals surface area contributed by atoms with Crippen molar-refractivity contribution in [3.05, 3.63) is 0 Å². The fourth-order valence-electron chi connectivity index (χ4n) is 1.03. The summed E-state index contributed by atoms with van der Waals surface area (Å²) in [5.41, 5.74) is 5.14. The van der Waals surface area contributed by atoms with Crippen molar-refractivity contribution >= 4 is 19.2 Å². The van der Waals surface area contributed by atoms with Crippen molar-refractivity contribution in [2.24, 2.45) is 11.6 Å². The van der Waals surface area contributed by atoms with Crippen LogP contribution in [0, 0.1) is 5.92 Å². The van der Waals surface area contributed by atoms with E-state index in [4.69, 9.17) is 5.64 Å². The number of nitrogens with one attached hydrogen (secondary N) is 1. The average molecular weight is 200 g/mol. The van der Waals surface area contributed by atoms with Gasteiger partial charge in [0.05, 0.1) is 7.11 Å². The highest BCUT2D eigenvalue weighted by Gasteiger charge is 2.25. The Hall–Kier alpha value is -1.04. The summed E-state index contributed by atoms with van der Waals surface area (Å²) in [6, 6.07) is -0.596. The van der Waals surface area contributed by atoms with Crippen LogP contribution in [0.1, 0.15) is 20.3 Å². The van der Waals surface area contributed by atoms with Crippen molar-refractivity contribution in [3.63, 3.8) is 0 Å². The maximum Gasteiger partial charge on any atom is 0.328 e. The van der Waals surface area contributed by atoms with E-state index < -0.39 is 12.0 Å². The first-order valence-electron chi connectivity index (χ1n) is 4.64. The molecule has 14 heavy (non-hydrogen) atoms. The van der Waals surface area contributed by atoms with Crippen molar-refractivity contribution in [2.45, 2.75) is 26.3 Å². The zero-order valence-corrected chi connectivity index (χ0v) is 8.87. The number of esters is 1. The fourth-order valence-corrected chi connectivity index (χ4v) is 1.03. The van der Waals surface area contributed by atoms with Gasteiger partial charge in [-0.05, 0) is 5.92 Å². The molecule has 2 atom stereocenters. The minimum atomic E-state index is -0.596. The summed E-state index contributed by atoms with van der Waals surface area (Å²) in [6.45, 7) is 3.81. The third-order valence-electron chi connectivity index (χ3n) is 2.17. The predicted octanol–water partition coefficient (Wildman–Crippen LogP) is -0.406. The number of carbonyl (C=O) groups is 2. The van der Waals surface area contributed by atoms with Crippen LogP contribution in [0.4, 0.5) is 4.79 Å². The number of ether oxygens (including phenoxy) is 1. The SMILES string of the molecule is CCC(C)C(NC(=O)BN)C(=O)OC. The summed E-state index contributed by atoms with van der Waals surface area (Å²) in [7, 11) is 1.18. The van der Waals surface area contributed by atoms with Gasteiger partial charge in [-0.3, -0.25) is 4.79 Å². The Bertz CT molecular complexity index is 211. The number of hydrogen-bond acceptors (Lipinski definition) is 4. The number of hydrogen-bond donors (Lipinski definition) is 2. The van der Waals surface area contributed by atoms with E-state index in [9.17, 15) is 9.59 Å². The lowest BCUT2D eigenvalue weighted by Crippen LogP contribution is -2.48. The maximum atomic E-state index is 11.3. The molecule has 3 N–H and O–H groups in total. The van der Waals surface area contributed by atoms with Crippen molar-refractivity contribution in [1.29, 1.82) is 0 Å². The number of amides is 1. The van der Waals surface area contributed by atoms with Gasteiger partial charge in [0.1, 0.15) is 6.04 Å². The Morgan fingerprint density at radius 2 is 2.14 bits per heavy atom. The lowest BCUT2D eigenvalue weighted by Gasteiger charge is -2.21. The quantitative estimate of drug-likeness (QED) is 0.467. The molecule has 80 valence electrons. The lowest BCUT2D eigenvalue weighted by atomic mass is 9.92. The highest BCUT2D eigenvalue weighted by atomic mass is 16.5. The fraction of sp³-hybridized carbons (Fsp3) is 0.750. The predicted molar refractivity (Wildman–Crippen MR) is 55.1 cm³/mol. The molecule has 1 amide bonds. The van der Waals surface area contributed by atoms with Crippen molar-refractivity contribution in [2.75, 3.05) is 7.11 Å². The minimum Gasteiger partial charge on any atom is -0.467 e. The van der Waals surface area contributed by atoms with Gasteiger partial charge < -0.3 is 15.7 Å². The molecule has 0 bridgehead atoms. The van der Waals surface area contributed by atoms with Crippen LogP contribution in [-0.4, -0.2) is 32.3 Å². The molecular weight excluding hydrogens is 183 g/mol. The van der Waals surface area contributed by atoms with Crippen molar-refractivity contribution in [1.82, 2.24) is 5.32 Å². The molecule has 6 heteroatoms. The Labute approximate surface area is 84.6 Å². The standard InChI is InChI=1S/C8H17BN2O3/c1-4-5(2)6(7(12)14-3)11-8(13)9-10/h5-6,9H,4,10H2,1-3H3,(H,11,13). The van der Waals surface area contributed by atoms with Gasteiger partial charge in [-0.25, -0.2) is 4.79 Å². The Morgan fingerprint density at radius 1 is 1.57 bits per heavy atom. The van der Waals surface area contributed by atoms with Crippen molar-refractivity contribution in [3.8, 4) is 0 Å². The van der Waals surface area contributed by atoms with E-state index in [-0.39, 0.29) is 19.1 Å². The normalized spacial score (nSPS) is 14.0. The van der Waals surface area contributed by atoms with E-state index in [2.05, 4.69) is 10.1 Å². The van der Waals surface area contributed by atoms with E-state index in [1.165, 1.54) is 7.11 Å². The molecule has 0 fully saturated rings. The monoisotopic (exact) mass is 200 g/mol. The summed E-state index contributed by atoms with van der Waals surface area (Å²) in [4.78, 5) is 22.3. The second kappa shape index (κ2) is 6.42. The lowest BCUT2D eigenvalue weighted by molar-refractivity contribution is -0.144. The second-order valence-electron chi connectivity index (χ2n) is 3.16. The van der Waals surface area contributed by atoms with Gasteiger partial charge >= 0.3 is 13.4 Å². The van der Waals surface area contributed by atoms with Gasteiger partial charge in [0.25, 0.3) is 0 Å². The summed E-state index contributed by atoms with van der Waals surface area (Å²) >= 11 is 0. The molecule has 0 aliphatic carbocycles. The Balaban J connectivity index is 4.39. The van der Waals surface area contributed by atoms with Crippen LogP contribution in [0.2, 0.25) is 0 Å². The summed E-state index contributed by atoms with van der Waals surface area (Å²) in [5, 5.41) is 2.53. The van der Waals surface area contributed by atoms with Gasteiger partial charge in [0, 0.05) is 0 Å². The first kappa shape index (κ1) is 13.0. The third-order valence-corrected chi connectivity index (χ3v) is 2.17. The largest absolute Gasteiger partial charge is 0.467 e. The molecule has 0 aliphatic heterocycles. The first-order chi connectivity index (χ1) is 6.56. The van der Waals surface area contributed by atoms with Gasteiger partial charge in [0.15, 0.2) is 5.81 Å². The van der Waals surface area contributed by atoms with Crippen LogP contribution in [0.5, 0.6) is 0 Å². The van der Waals surface area contributed by atoms with Gasteiger partial charge in [-0.15, -0.1) is 0 Å². The van der Waals surface area contributed by atoms with Crippen LogP contribution in [0.15, 0.2) is 0 Å². The Morgan fingerprint density at radius 3 is 2.50 bits per heavy atom. The molecule has 0 aromatic heterocycles. The highest BCUT2D eigenvalue weighted by molar-refractivity contribution is 6.70. The molecule has 0 spiro atoms. The number of rotatable bonds is 5. The van der Waals surface area contributed by atoms with E-state index >= 15 is 0 Å². The minimum absolute atomic E-state index is 0.0398. The molecule has 0 radical (unpaired) electrons. The van der Waals surface area contributed by atoms with Crippen LogP contribution in [-0.2, 0) is 9.53 Å². The highest BCUT2D eigenvalue weighted by Crippen LogP contribution is 2.08.